The summed E-state index contributed by atoms with van der Waals surface area (Å²) in [5, 5.41) is 10.3. The fourth-order valence-corrected chi connectivity index (χ4v) is 2.96. The molecule has 0 bridgehead atoms. The molecule has 1 aliphatic rings. The van der Waals surface area contributed by atoms with Gasteiger partial charge < -0.3 is 15.4 Å². The van der Waals surface area contributed by atoms with Gasteiger partial charge in [0.05, 0.1) is 12.1 Å². The summed E-state index contributed by atoms with van der Waals surface area (Å²) in [7, 11) is 1.85. The standard InChI is InChI=1S/C17H20F2N4O2/c1-23-9-11(6-21-23)14-7-20-8-15(14)17(24)22-12-2-4-13(5-3-12)25-10-16(18)19/h2-6,9,14-16,20H,7-8,10H2,1H3,(H,22,24)/t14-,15+/m1/s1. The van der Waals surface area contributed by atoms with Crippen LogP contribution in [0.2, 0.25) is 0 Å². The van der Waals surface area contributed by atoms with E-state index in [9.17, 15) is 13.6 Å². The van der Waals surface area contributed by atoms with Gasteiger partial charge in [-0.05, 0) is 29.8 Å². The SMILES string of the molecule is Cn1cc([C@H]2CNC[C@@H]2C(=O)Nc2ccc(OCC(F)F)cc2)cn1. The van der Waals surface area contributed by atoms with Gasteiger partial charge in [0.1, 0.15) is 12.4 Å². The normalized spacial score (nSPS) is 20.0. The van der Waals surface area contributed by atoms with Crippen LogP contribution in [-0.4, -0.2) is 41.8 Å². The van der Waals surface area contributed by atoms with Crippen LogP contribution in [0.3, 0.4) is 0 Å². The van der Waals surface area contributed by atoms with E-state index >= 15 is 0 Å². The Hall–Kier alpha value is -2.48. The molecule has 1 aromatic heterocycles. The number of anilines is 1. The van der Waals surface area contributed by atoms with Gasteiger partial charge in [0, 0.05) is 37.9 Å². The van der Waals surface area contributed by atoms with Gasteiger partial charge in [-0.15, -0.1) is 0 Å². The number of benzene rings is 1. The molecule has 2 atom stereocenters. The summed E-state index contributed by atoms with van der Waals surface area (Å²) in [6.07, 6.45) is 1.19. The molecule has 6 nitrogen and oxygen atoms in total. The lowest BCUT2D eigenvalue weighted by atomic mass is 9.90. The van der Waals surface area contributed by atoms with Gasteiger partial charge in [0.2, 0.25) is 5.91 Å². The average molecular weight is 350 g/mol. The molecule has 0 radical (unpaired) electrons. The molecule has 1 fully saturated rings. The maximum absolute atomic E-state index is 12.6. The van der Waals surface area contributed by atoms with Crippen molar-refractivity contribution in [3.63, 3.8) is 0 Å². The molecule has 2 heterocycles. The maximum Gasteiger partial charge on any atom is 0.272 e. The van der Waals surface area contributed by atoms with Crippen molar-refractivity contribution in [1.29, 1.82) is 0 Å². The first-order valence-corrected chi connectivity index (χ1v) is 8.04. The van der Waals surface area contributed by atoms with Crippen LogP contribution in [0.15, 0.2) is 36.7 Å². The van der Waals surface area contributed by atoms with Gasteiger partial charge >= 0.3 is 0 Å². The predicted molar refractivity (Wildman–Crippen MR) is 88.9 cm³/mol. The summed E-state index contributed by atoms with van der Waals surface area (Å²) >= 11 is 0. The van der Waals surface area contributed by atoms with Crippen LogP contribution in [0.25, 0.3) is 0 Å². The van der Waals surface area contributed by atoms with Crippen LogP contribution in [0.5, 0.6) is 5.75 Å². The molecule has 2 aromatic rings. The number of carbonyl (C=O) groups is 1. The minimum absolute atomic E-state index is 0.0716. The first-order valence-electron chi connectivity index (χ1n) is 8.04. The highest BCUT2D eigenvalue weighted by molar-refractivity contribution is 5.93. The maximum atomic E-state index is 12.6. The summed E-state index contributed by atoms with van der Waals surface area (Å²) in [5.41, 5.74) is 1.63. The van der Waals surface area contributed by atoms with Crippen molar-refractivity contribution in [2.24, 2.45) is 13.0 Å². The molecule has 0 saturated carbocycles. The topological polar surface area (TPSA) is 68.2 Å². The number of ether oxygens (including phenoxy) is 1. The van der Waals surface area contributed by atoms with Crippen LogP contribution in [-0.2, 0) is 11.8 Å². The van der Waals surface area contributed by atoms with Crippen molar-refractivity contribution < 1.29 is 18.3 Å². The van der Waals surface area contributed by atoms with E-state index in [1.54, 1.807) is 35.1 Å². The number of carbonyl (C=O) groups excluding carboxylic acids is 1. The van der Waals surface area contributed by atoms with Gasteiger partial charge in [-0.3, -0.25) is 9.48 Å². The minimum atomic E-state index is -2.52. The second kappa shape index (κ2) is 7.60. The molecule has 1 aliphatic heterocycles. The lowest BCUT2D eigenvalue weighted by Crippen LogP contribution is -2.28. The van der Waals surface area contributed by atoms with Crippen LogP contribution in [0, 0.1) is 5.92 Å². The second-order valence-electron chi connectivity index (χ2n) is 6.03. The Morgan fingerprint density at radius 1 is 1.40 bits per heavy atom. The number of nitrogens with one attached hydrogen (secondary N) is 2. The first kappa shape index (κ1) is 17.3. The number of halogens is 2. The highest BCUT2D eigenvalue weighted by Crippen LogP contribution is 2.29. The van der Waals surface area contributed by atoms with E-state index in [-0.39, 0.29) is 17.7 Å². The van der Waals surface area contributed by atoms with Crippen LogP contribution < -0.4 is 15.4 Å². The minimum Gasteiger partial charge on any atom is -0.488 e. The zero-order valence-electron chi connectivity index (χ0n) is 13.8. The zero-order valence-corrected chi connectivity index (χ0v) is 13.8. The molecule has 0 unspecified atom stereocenters. The lowest BCUT2D eigenvalue weighted by Gasteiger charge is -2.17. The van der Waals surface area contributed by atoms with Crippen molar-refractivity contribution >= 4 is 11.6 Å². The third-order valence-corrected chi connectivity index (χ3v) is 4.20. The molecule has 0 spiro atoms. The van der Waals surface area contributed by atoms with Crippen molar-refractivity contribution in [3.8, 4) is 5.75 Å². The van der Waals surface area contributed by atoms with E-state index in [1.165, 1.54) is 0 Å². The molecule has 134 valence electrons. The fourth-order valence-electron chi connectivity index (χ4n) is 2.96. The third kappa shape index (κ3) is 4.33. The van der Waals surface area contributed by atoms with E-state index in [0.717, 1.165) is 12.1 Å². The average Bonchev–Trinajstić information content (AvgIpc) is 3.22. The van der Waals surface area contributed by atoms with Gasteiger partial charge in [-0.25, -0.2) is 8.78 Å². The summed E-state index contributed by atoms with van der Waals surface area (Å²) in [6.45, 7) is 0.678. The second-order valence-corrected chi connectivity index (χ2v) is 6.03. The molecule has 25 heavy (non-hydrogen) atoms. The molecule has 1 saturated heterocycles. The highest BCUT2D eigenvalue weighted by Gasteiger charge is 2.34. The Balaban J connectivity index is 1.61. The monoisotopic (exact) mass is 350 g/mol. The van der Waals surface area contributed by atoms with Crippen molar-refractivity contribution in [3.05, 3.63) is 42.2 Å². The highest BCUT2D eigenvalue weighted by atomic mass is 19.3. The quantitative estimate of drug-likeness (QED) is 0.836. The third-order valence-electron chi connectivity index (χ3n) is 4.20. The molecular formula is C17H20F2N4O2. The zero-order chi connectivity index (χ0) is 17.8. The number of nitrogens with zero attached hydrogens (tertiary/aromatic N) is 2. The Kier molecular flexibility index (Phi) is 5.28. The number of aryl methyl sites for hydroxylation is 1. The van der Waals surface area contributed by atoms with Crippen molar-refractivity contribution in [2.45, 2.75) is 12.3 Å². The number of aromatic nitrogens is 2. The molecule has 2 N–H and O–H groups in total. The Bertz CT molecular complexity index is 718. The number of amides is 1. The first-order chi connectivity index (χ1) is 12.0. The van der Waals surface area contributed by atoms with Gasteiger partial charge in [0.15, 0.2) is 0 Å². The fraction of sp³-hybridized carbons (Fsp3) is 0.412. The number of hydrogen-bond donors (Lipinski definition) is 2. The van der Waals surface area contributed by atoms with Crippen molar-refractivity contribution in [1.82, 2.24) is 15.1 Å². The molecule has 1 amide bonds. The Labute approximate surface area is 144 Å². The lowest BCUT2D eigenvalue weighted by molar-refractivity contribution is -0.119. The molecule has 0 aliphatic carbocycles. The number of rotatable bonds is 6. The van der Waals surface area contributed by atoms with Gasteiger partial charge in [-0.2, -0.15) is 5.10 Å². The van der Waals surface area contributed by atoms with E-state index in [2.05, 4.69) is 15.7 Å². The van der Waals surface area contributed by atoms with Gasteiger partial charge in [-0.1, -0.05) is 0 Å². The molecule has 8 heteroatoms. The molecular weight excluding hydrogens is 330 g/mol. The van der Waals surface area contributed by atoms with E-state index in [1.807, 2.05) is 13.2 Å². The Morgan fingerprint density at radius 3 is 2.80 bits per heavy atom. The molecule has 1 aromatic carbocycles. The Morgan fingerprint density at radius 2 is 2.16 bits per heavy atom. The summed E-state index contributed by atoms with van der Waals surface area (Å²) in [5.74, 6) is 0.135. The smallest absolute Gasteiger partial charge is 0.272 e. The van der Waals surface area contributed by atoms with E-state index in [4.69, 9.17) is 4.74 Å². The van der Waals surface area contributed by atoms with E-state index in [0.29, 0.717) is 18.0 Å². The largest absolute Gasteiger partial charge is 0.488 e. The predicted octanol–water partition coefficient (Wildman–Crippen LogP) is 2.01. The molecule has 3 rings (SSSR count). The summed E-state index contributed by atoms with van der Waals surface area (Å²) < 4.78 is 30.9. The van der Waals surface area contributed by atoms with Crippen molar-refractivity contribution in [2.75, 3.05) is 25.0 Å². The van der Waals surface area contributed by atoms with E-state index < -0.39 is 13.0 Å². The van der Waals surface area contributed by atoms with Crippen LogP contribution in [0.1, 0.15) is 11.5 Å². The van der Waals surface area contributed by atoms with Crippen LogP contribution >= 0.6 is 0 Å². The summed E-state index contributed by atoms with van der Waals surface area (Å²) in [4.78, 5) is 12.6. The summed E-state index contributed by atoms with van der Waals surface area (Å²) in [6, 6.07) is 6.40. The van der Waals surface area contributed by atoms with Gasteiger partial charge in [0.25, 0.3) is 6.43 Å². The number of hydrogen-bond acceptors (Lipinski definition) is 4. The number of alkyl halides is 2. The van der Waals surface area contributed by atoms with Crippen LogP contribution in [0.4, 0.5) is 14.5 Å².